The first-order chi connectivity index (χ1) is 20.6. The van der Waals surface area contributed by atoms with E-state index in [2.05, 4.69) is 5.32 Å². The molecule has 1 unspecified atom stereocenters. The number of unbranched alkanes of at least 4 members (excludes halogenated alkanes) is 1. The number of benzene rings is 2. The van der Waals surface area contributed by atoms with Crippen molar-refractivity contribution in [2.75, 3.05) is 38.7 Å². The quantitative estimate of drug-likeness (QED) is 0.0510. The van der Waals surface area contributed by atoms with Crippen molar-refractivity contribution in [1.82, 2.24) is 5.32 Å². The lowest BCUT2D eigenvalue weighted by molar-refractivity contribution is -0.384. The lowest BCUT2D eigenvalue weighted by Crippen LogP contribution is -2.55. The molecule has 0 spiro atoms. The molecule has 0 fully saturated rings. The molecule has 44 heavy (non-hydrogen) atoms. The predicted octanol–water partition coefficient (Wildman–Crippen LogP) is 1.26. The number of aliphatic hydroxyl groups excluding tert-OH is 4. The van der Waals surface area contributed by atoms with Gasteiger partial charge in [-0.3, -0.25) is 19.5 Å². The second kappa shape index (κ2) is 21.3. The van der Waals surface area contributed by atoms with Crippen molar-refractivity contribution in [2.24, 2.45) is 0 Å². The number of aliphatic carboxylic acids is 2. The Bertz CT molecular complexity index is 1230. The van der Waals surface area contributed by atoms with E-state index >= 15 is 0 Å². The summed E-state index contributed by atoms with van der Waals surface area (Å²) >= 11 is 5.68. The summed E-state index contributed by atoms with van der Waals surface area (Å²) in [6, 6.07) is 11.7. The van der Waals surface area contributed by atoms with Crippen LogP contribution in [0.25, 0.3) is 0 Å². The Morgan fingerprint density at radius 3 is 1.93 bits per heavy atom. The van der Waals surface area contributed by atoms with E-state index in [4.69, 9.17) is 51.5 Å². The summed E-state index contributed by atoms with van der Waals surface area (Å²) in [4.78, 5) is 30.2. The van der Waals surface area contributed by atoms with Gasteiger partial charge in [0.2, 0.25) is 0 Å². The first kappa shape index (κ1) is 40.6. The number of hydrogen-bond acceptors (Lipinski definition) is 12. The van der Waals surface area contributed by atoms with E-state index < -0.39 is 58.4 Å². The smallest absolute Gasteiger partial charge is 0.337 e. The predicted molar refractivity (Wildman–Crippen MR) is 157 cm³/mol. The number of halogens is 1. The molecule has 0 aliphatic heterocycles. The maximum atomic E-state index is 10.4. The van der Waals surface area contributed by atoms with E-state index in [0.717, 1.165) is 12.1 Å². The monoisotopic (exact) mass is 668 g/mol. The van der Waals surface area contributed by atoms with Gasteiger partial charge in [-0.2, -0.15) is 8.42 Å². The number of nitrogens with zero attached hydrogens (tertiary/aromatic N) is 1. The third-order valence-corrected chi connectivity index (χ3v) is 6.56. The first-order valence-corrected chi connectivity index (χ1v) is 14.9. The molecule has 0 aromatic heterocycles. The summed E-state index contributed by atoms with van der Waals surface area (Å²) in [6.07, 6.45) is -0.284. The number of rotatable bonds is 17. The molecule has 0 saturated carbocycles. The Morgan fingerprint density at radius 1 is 0.955 bits per heavy atom. The van der Waals surface area contributed by atoms with Crippen molar-refractivity contribution in [3.8, 4) is 5.75 Å². The number of nitro groups is 1. The van der Waals surface area contributed by atoms with Gasteiger partial charge < -0.3 is 40.7 Å². The minimum Gasteiger partial charge on any atom is -0.494 e. The maximum Gasteiger partial charge on any atom is 0.337 e. The second-order valence-electron chi connectivity index (χ2n) is 9.06. The number of carboxylic acids is 2. The molecular weight excluding hydrogens is 632 g/mol. The maximum absolute atomic E-state index is 10.4. The van der Waals surface area contributed by atoms with Gasteiger partial charge in [0.05, 0.1) is 42.6 Å². The fourth-order valence-corrected chi connectivity index (χ4v) is 3.64. The van der Waals surface area contributed by atoms with Crippen molar-refractivity contribution in [3.63, 3.8) is 0 Å². The summed E-state index contributed by atoms with van der Waals surface area (Å²) in [7, 11) is -3.93. The Kier molecular flexibility index (Phi) is 19.7. The van der Waals surface area contributed by atoms with Gasteiger partial charge in [0, 0.05) is 23.6 Å². The fourth-order valence-electron chi connectivity index (χ4n) is 2.95. The molecular formula is C26H37ClN2O14S. The Balaban J connectivity index is 0.000000632. The molecule has 0 aliphatic carbocycles. The number of carboxylic acid groups (broad SMARTS) is 2. The highest BCUT2D eigenvalue weighted by Crippen LogP contribution is 2.18. The molecule has 1 atom stereocenters. The van der Waals surface area contributed by atoms with Crippen molar-refractivity contribution in [3.05, 3.63) is 69.2 Å². The van der Waals surface area contributed by atoms with Crippen molar-refractivity contribution in [1.29, 1.82) is 0 Å². The van der Waals surface area contributed by atoms with E-state index in [0.29, 0.717) is 36.8 Å². The van der Waals surface area contributed by atoms with Crippen LogP contribution in [0.5, 0.6) is 5.75 Å². The minimum absolute atomic E-state index is 0.114. The van der Waals surface area contributed by atoms with E-state index in [1.807, 2.05) is 0 Å². The van der Waals surface area contributed by atoms with Crippen LogP contribution in [-0.2, 0) is 19.7 Å². The molecule has 2 aromatic rings. The molecule has 2 rings (SSSR count). The normalized spacial score (nSPS) is 11.7. The van der Waals surface area contributed by atoms with Crippen molar-refractivity contribution in [2.45, 2.75) is 37.3 Å². The molecule has 248 valence electrons. The Morgan fingerprint density at radius 2 is 1.50 bits per heavy atom. The summed E-state index contributed by atoms with van der Waals surface area (Å²) < 4.78 is 34.5. The number of aliphatic hydroxyl groups is 4. The second-order valence-corrected chi connectivity index (χ2v) is 11.1. The number of non-ortho nitro benzene ring substituents is 1. The van der Waals surface area contributed by atoms with E-state index in [1.165, 1.54) is 12.1 Å². The Hall–Kier alpha value is -3.42. The standard InChI is InChI=1S/C10H11ClO3.C8H19NO6S.C8H7NO5/c11-8-3-5-9(6-4-8)14-7-1-2-10(12)13;10-5-8(6-11,7-12)9-3-1-2-4-16(13,14)15;10-7(8(11)12)5-1-3-6(4-2-5)9(13)14/h3-6H,1-2,7H2,(H,12,13);9-12H,1-7H2,(H,13,14,15);1-4,7,10H,(H,11,12). The van der Waals surface area contributed by atoms with Gasteiger partial charge in [-0.05, 0) is 67.8 Å². The van der Waals surface area contributed by atoms with Crippen LogP contribution >= 0.6 is 11.6 Å². The zero-order valence-corrected chi connectivity index (χ0v) is 25.1. The Labute approximate surface area is 258 Å². The summed E-state index contributed by atoms with van der Waals surface area (Å²) in [5, 5.41) is 66.3. The van der Waals surface area contributed by atoms with Gasteiger partial charge in [0.1, 0.15) is 5.75 Å². The van der Waals surface area contributed by atoms with Crippen LogP contribution in [0.15, 0.2) is 48.5 Å². The number of ether oxygens (including phenoxy) is 1. The van der Waals surface area contributed by atoms with Crippen LogP contribution in [0.3, 0.4) is 0 Å². The SMILES string of the molecule is O=C(O)C(O)c1ccc([N+](=O)[O-])cc1.O=C(O)CCCOc1ccc(Cl)cc1.O=S(=O)(O)CCCCNC(CO)(CO)CO. The molecule has 2 aromatic carbocycles. The molecule has 16 nitrogen and oxygen atoms in total. The van der Waals surface area contributed by atoms with Crippen LogP contribution in [-0.4, -0.2) is 105 Å². The molecule has 18 heteroatoms. The van der Waals surface area contributed by atoms with E-state index in [-0.39, 0.29) is 29.8 Å². The van der Waals surface area contributed by atoms with Crippen LogP contribution in [0.4, 0.5) is 5.69 Å². The molecule has 0 bridgehead atoms. The van der Waals surface area contributed by atoms with Crippen molar-refractivity contribution < 1.29 is 62.9 Å². The summed E-state index contributed by atoms with van der Waals surface area (Å²) in [5.74, 6) is -1.80. The zero-order chi connectivity index (χ0) is 33.8. The molecule has 0 amide bonds. The summed E-state index contributed by atoms with van der Waals surface area (Å²) in [5.41, 5.74) is -1.17. The topological polar surface area (TPSA) is 274 Å². The highest BCUT2D eigenvalue weighted by Gasteiger charge is 2.26. The summed E-state index contributed by atoms with van der Waals surface area (Å²) in [6.45, 7) is -0.514. The molecule has 0 saturated heterocycles. The average molecular weight is 669 g/mol. The number of nitro benzene ring substituents is 1. The highest BCUT2D eigenvalue weighted by molar-refractivity contribution is 7.85. The largest absolute Gasteiger partial charge is 0.494 e. The molecule has 0 heterocycles. The van der Waals surface area contributed by atoms with Gasteiger partial charge in [0.25, 0.3) is 15.8 Å². The third-order valence-electron chi connectivity index (χ3n) is 5.51. The van der Waals surface area contributed by atoms with Crippen LogP contribution in [0.1, 0.15) is 37.4 Å². The fraction of sp³-hybridized carbons (Fsp3) is 0.462. The lowest BCUT2D eigenvalue weighted by atomic mass is 10.0. The molecule has 0 aliphatic rings. The first-order valence-electron chi connectivity index (χ1n) is 12.9. The van der Waals surface area contributed by atoms with Gasteiger partial charge in [-0.15, -0.1) is 0 Å². The number of hydrogen-bond donors (Lipinski definition) is 8. The van der Waals surface area contributed by atoms with E-state index in [9.17, 15) is 28.1 Å². The highest BCUT2D eigenvalue weighted by atomic mass is 35.5. The number of nitrogens with one attached hydrogen (secondary N) is 1. The minimum atomic E-state index is -3.93. The number of carbonyl (C=O) groups is 2. The van der Waals surface area contributed by atoms with Gasteiger partial charge in [-0.1, -0.05) is 11.6 Å². The van der Waals surface area contributed by atoms with Crippen LogP contribution in [0.2, 0.25) is 5.02 Å². The molecule has 0 radical (unpaired) electrons. The van der Waals surface area contributed by atoms with Crippen molar-refractivity contribution >= 4 is 39.3 Å². The third kappa shape index (κ3) is 18.3. The molecule has 8 N–H and O–H groups in total. The van der Waals surface area contributed by atoms with Crippen LogP contribution in [0, 0.1) is 10.1 Å². The van der Waals surface area contributed by atoms with Gasteiger partial charge in [-0.25, -0.2) is 4.79 Å². The van der Waals surface area contributed by atoms with Gasteiger partial charge >= 0.3 is 11.9 Å². The lowest BCUT2D eigenvalue weighted by Gasteiger charge is -2.28. The van der Waals surface area contributed by atoms with Gasteiger partial charge in [0.15, 0.2) is 6.10 Å². The van der Waals surface area contributed by atoms with Crippen LogP contribution < -0.4 is 10.1 Å². The average Bonchev–Trinajstić information content (AvgIpc) is 2.98. The zero-order valence-electron chi connectivity index (χ0n) is 23.5. The van der Waals surface area contributed by atoms with E-state index in [1.54, 1.807) is 24.3 Å².